The van der Waals surface area contributed by atoms with Gasteiger partial charge < -0.3 is 0 Å². The normalized spacial score (nSPS) is 24.9. The Morgan fingerprint density at radius 3 is 2.60 bits per heavy atom. The third-order valence-electron chi connectivity index (χ3n) is 4.35. The second-order valence-electron chi connectivity index (χ2n) is 5.64. The number of imide groups is 1. The average Bonchev–Trinajstić information content (AvgIpc) is 2.63. The third-order valence-corrected chi connectivity index (χ3v) is 4.35. The highest BCUT2D eigenvalue weighted by Crippen LogP contribution is 2.35. The van der Waals surface area contributed by atoms with Crippen molar-refractivity contribution in [1.29, 1.82) is 0 Å². The largest absolute Gasteiger partial charge is 0.294 e. The lowest BCUT2D eigenvalue weighted by Crippen LogP contribution is -2.31. The quantitative estimate of drug-likeness (QED) is 0.793. The van der Waals surface area contributed by atoms with Gasteiger partial charge in [0.2, 0.25) is 11.8 Å². The van der Waals surface area contributed by atoms with E-state index in [1.165, 1.54) is 4.90 Å². The molecular weight excluding hydrogens is 254 g/mol. The van der Waals surface area contributed by atoms with E-state index in [9.17, 15) is 14.4 Å². The predicted octanol–water partition coefficient (Wildman–Crippen LogP) is 2.35. The SMILES string of the molecule is CCCC1C(=O)N(c2ccc3c(c2)C(=O)C3)C(=O)C1C. The topological polar surface area (TPSA) is 54.5 Å². The molecule has 2 aliphatic rings. The summed E-state index contributed by atoms with van der Waals surface area (Å²) in [4.78, 5) is 37.5. The van der Waals surface area contributed by atoms with Crippen LogP contribution in [0.1, 0.15) is 42.6 Å². The molecule has 1 aliphatic carbocycles. The fourth-order valence-corrected chi connectivity index (χ4v) is 3.08. The van der Waals surface area contributed by atoms with Crippen LogP contribution in [0.4, 0.5) is 5.69 Å². The maximum atomic E-state index is 12.4. The number of Topliss-reactive ketones (excluding diaryl/α,β-unsaturated/α-hetero) is 1. The monoisotopic (exact) mass is 271 g/mol. The molecule has 4 nitrogen and oxygen atoms in total. The van der Waals surface area contributed by atoms with E-state index in [-0.39, 0.29) is 29.4 Å². The molecule has 0 bridgehead atoms. The molecule has 20 heavy (non-hydrogen) atoms. The number of carbonyl (C=O) groups excluding carboxylic acids is 3. The highest BCUT2D eigenvalue weighted by molar-refractivity contribution is 6.22. The van der Waals surface area contributed by atoms with Crippen LogP contribution in [-0.2, 0) is 16.0 Å². The lowest BCUT2D eigenvalue weighted by molar-refractivity contribution is -0.122. The van der Waals surface area contributed by atoms with Gasteiger partial charge in [-0.3, -0.25) is 19.3 Å². The molecule has 0 radical (unpaired) electrons. The van der Waals surface area contributed by atoms with Gasteiger partial charge in [0, 0.05) is 17.9 Å². The van der Waals surface area contributed by atoms with E-state index in [1.807, 2.05) is 19.9 Å². The van der Waals surface area contributed by atoms with Crippen molar-refractivity contribution in [3.05, 3.63) is 29.3 Å². The van der Waals surface area contributed by atoms with Crippen LogP contribution in [0.5, 0.6) is 0 Å². The van der Waals surface area contributed by atoms with Crippen LogP contribution in [0.15, 0.2) is 18.2 Å². The van der Waals surface area contributed by atoms with Gasteiger partial charge in [-0.25, -0.2) is 0 Å². The molecule has 0 N–H and O–H groups in total. The zero-order chi connectivity index (χ0) is 14.4. The zero-order valence-corrected chi connectivity index (χ0v) is 11.7. The molecule has 2 unspecified atom stereocenters. The summed E-state index contributed by atoms with van der Waals surface area (Å²) in [5.41, 5.74) is 2.18. The number of hydrogen-bond acceptors (Lipinski definition) is 3. The second kappa shape index (κ2) is 4.54. The highest BCUT2D eigenvalue weighted by atomic mass is 16.2. The summed E-state index contributed by atoms with van der Waals surface area (Å²) in [6.07, 6.45) is 2.07. The molecule has 1 saturated heterocycles. The van der Waals surface area contributed by atoms with Gasteiger partial charge in [-0.05, 0) is 24.1 Å². The Kier molecular flexibility index (Phi) is 2.96. The van der Waals surface area contributed by atoms with Gasteiger partial charge in [-0.2, -0.15) is 0 Å². The Hall–Kier alpha value is -1.97. The Bertz CT molecular complexity index is 620. The van der Waals surface area contributed by atoms with Crippen LogP contribution in [0, 0.1) is 11.8 Å². The summed E-state index contributed by atoms with van der Waals surface area (Å²) < 4.78 is 0. The van der Waals surface area contributed by atoms with Gasteiger partial charge >= 0.3 is 0 Å². The standard InChI is InChI=1S/C16H17NO3/c1-3-4-12-9(2)15(19)17(16(12)20)11-6-5-10-7-14(18)13(10)8-11/h5-6,8-9,12H,3-4,7H2,1-2H3. The summed E-state index contributed by atoms with van der Waals surface area (Å²) in [6.45, 7) is 3.82. The predicted molar refractivity (Wildman–Crippen MR) is 74.5 cm³/mol. The van der Waals surface area contributed by atoms with Crippen LogP contribution in [-0.4, -0.2) is 17.6 Å². The van der Waals surface area contributed by atoms with Gasteiger partial charge in [0.25, 0.3) is 0 Å². The highest BCUT2D eigenvalue weighted by Gasteiger charge is 2.45. The van der Waals surface area contributed by atoms with Crippen LogP contribution >= 0.6 is 0 Å². The maximum absolute atomic E-state index is 12.4. The van der Waals surface area contributed by atoms with Crippen molar-refractivity contribution >= 4 is 23.3 Å². The number of benzene rings is 1. The van der Waals surface area contributed by atoms with Crippen molar-refractivity contribution in [2.75, 3.05) is 4.90 Å². The van der Waals surface area contributed by atoms with E-state index < -0.39 is 0 Å². The molecule has 1 aliphatic heterocycles. The van der Waals surface area contributed by atoms with Crippen LogP contribution < -0.4 is 4.90 Å². The van der Waals surface area contributed by atoms with Gasteiger partial charge in [0.05, 0.1) is 11.6 Å². The van der Waals surface area contributed by atoms with E-state index in [0.29, 0.717) is 17.7 Å². The van der Waals surface area contributed by atoms with Crippen molar-refractivity contribution < 1.29 is 14.4 Å². The number of anilines is 1. The molecule has 0 aromatic heterocycles. The van der Waals surface area contributed by atoms with Crippen molar-refractivity contribution in [1.82, 2.24) is 0 Å². The Morgan fingerprint density at radius 1 is 1.20 bits per heavy atom. The first-order valence-electron chi connectivity index (χ1n) is 7.08. The van der Waals surface area contributed by atoms with E-state index in [2.05, 4.69) is 0 Å². The fourth-order valence-electron chi connectivity index (χ4n) is 3.08. The summed E-state index contributed by atoms with van der Waals surface area (Å²) in [5, 5.41) is 0. The minimum absolute atomic E-state index is 0.0825. The molecule has 2 atom stereocenters. The number of hydrogen-bond donors (Lipinski definition) is 0. The minimum atomic E-state index is -0.274. The van der Waals surface area contributed by atoms with Crippen molar-refractivity contribution in [2.24, 2.45) is 11.8 Å². The molecule has 1 aromatic carbocycles. The summed E-state index contributed by atoms with van der Waals surface area (Å²) in [5.74, 6) is -0.700. The number of rotatable bonds is 3. The minimum Gasteiger partial charge on any atom is -0.294 e. The number of ketones is 1. The van der Waals surface area contributed by atoms with Gasteiger partial charge in [0.15, 0.2) is 5.78 Å². The molecule has 1 heterocycles. The Labute approximate surface area is 117 Å². The zero-order valence-electron chi connectivity index (χ0n) is 11.7. The first-order chi connectivity index (χ1) is 9.54. The van der Waals surface area contributed by atoms with E-state index in [1.54, 1.807) is 12.1 Å². The number of fused-ring (bicyclic) bond motifs is 1. The van der Waals surface area contributed by atoms with Gasteiger partial charge in [-0.1, -0.05) is 26.3 Å². The molecule has 2 amide bonds. The summed E-state index contributed by atoms with van der Waals surface area (Å²) in [6, 6.07) is 5.28. The van der Waals surface area contributed by atoms with E-state index >= 15 is 0 Å². The number of carbonyl (C=O) groups is 3. The molecule has 1 aromatic rings. The van der Waals surface area contributed by atoms with Gasteiger partial charge in [-0.15, -0.1) is 0 Å². The third kappa shape index (κ3) is 1.71. The van der Waals surface area contributed by atoms with Crippen LogP contribution in [0.3, 0.4) is 0 Å². The summed E-state index contributed by atoms with van der Waals surface area (Å²) >= 11 is 0. The van der Waals surface area contributed by atoms with Crippen molar-refractivity contribution in [3.63, 3.8) is 0 Å². The number of amides is 2. The first kappa shape index (κ1) is 13.0. The second-order valence-corrected chi connectivity index (χ2v) is 5.64. The van der Waals surface area contributed by atoms with Crippen molar-refractivity contribution in [2.45, 2.75) is 33.1 Å². The maximum Gasteiger partial charge on any atom is 0.237 e. The molecule has 0 saturated carbocycles. The van der Waals surface area contributed by atoms with E-state index in [4.69, 9.17) is 0 Å². The molecule has 0 spiro atoms. The molecule has 1 fully saturated rings. The number of nitrogens with zero attached hydrogens (tertiary/aromatic N) is 1. The van der Waals surface area contributed by atoms with Gasteiger partial charge in [0.1, 0.15) is 0 Å². The molecule has 3 rings (SSSR count). The summed E-state index contributed by atoms with van der Waals surface area (Å²) in [7, 11) is 0. The Balaban J connectivity index is 1.96. The van der Waals surface area contributed by atoms with E-state index in [0.717, 1.165) is 18.4 Å². The smallest absolute Gasteiger partial charge is 0.237 e. The van der Waals surface area contributed by atoms with Crippen LogP contribution in [0.25, 0.3) is 0 Å². The molecule has 4 heteroatoms. The molecule has 104 valence electrons. The lowest BCUT2D eigenvalue weighted by Gasteiger charge is -2.21. The average molecular weight is 271 g/mol. The van der Waals surface area contributed by atoms with Crippen LogP contribution in [0.2, 0.25) is 0 Å². The Morgan fingerprint density at radius 2 is 1.95 bits per heavy atom. The van der Waals surface area contributed by atoms with Crippen molar-refractivity contribution in [3.8, 4) is 0 Å². The molecular formula is C16H17NO3. The lowest BCUT2D eigenvalue weighted by atomic mass is 9.87. The fraction of sp³-hybridized carbons (Fsp3) is 0.438. The first-order valence-corrected chi connectivity index (χ1v) is 7.08.